The molecule has 0 radical (unpaired) electrons. The SMILES string of the molecule is O=C(c1cc(Cc2c[nH]c(=O)c3cc(Cl)c(Cl)n23)ccc1F)N1CC[N+](=C2NC(OC(=O)C(F)(F)F)(c3ccccc3)NS2)CC1. The van der Waals surface area contributed by atoms with Crippen LogP contribution in [0.5, 0.6) is 0 Å². The third-order valence-electron chi connectivity index (χ3n) is 7.52. The van der Waals surface area contributed by atoms with E-state index in [0.717, 1.165) is 11.9 Å². The zero-order valence-electron chi connectivity index (χ0n) is 23.5. The number of benzene rings is 2. The third kappa shape index (κ3) is 6.07. The first-order valence-corrected chi connectivity index (χ1v) is 15.3. The summed E-state index contributed by atoms with van der Waals surface area (Å²) in [6.45, 7) is 0.856. The molecule has 0 bridgehead atoms. The van der Waals surface area contributed by atoms with Gasteiger partial charge in [-0.1, -0.05) is 47.5 Å². The highest BCUT2D eigenvalue weighted by Gasteiger charge is 2.54. The molecule has 2 aliphatic rings. The van der Waals surface area contributed by atoms with E-state index in [0.29, 0.717) is 16.4 Å². The van der Waals surface area contributed by atoms with Crippen molar-refractivity contribution in [1.82, 2.24) is 24.3 Å². The molecule has 2 aliphatic heterocycles. The van der Waals surface area contributed by atoms with Gasteiger partial charge in [0, 0.05) is 18.3 Å². The minimum Gasteiger partial charge on any atom is -0.394 e. The summed E-state index contributed by atoms with van der Waals surface area (Å²) in [5.41, 5.74) is 1.09. The third-order valence-corrected chi connectivity index (χ3v) is 9.22. The first-order valence-electron chi connectivity index (χ1n) is 13.7. The summed E-state index contributed by atoms with van der Waals surface area (Å²) in [7, 11) is 0. The van der Waals surface area contributed by atoms with Crippen molar-refractivity contribution in [3.63, 3.8) is 0 Å². The number of esters is 1. The van der Waals surface area contributed by atoms with Gasteiger partial charge in [0.15, 0.2) is 0 Å². The number of aromatic nitrogens is 2. The van der Waals surface area contributed by atoms with Crippen LogP contribution >= 0.6 is 35.1 Å². The highest BCUT2D eigenvalue weighted by atomic mass is 35.5. The molecule has 2 aromatic carbocycles. The minimum absolute atomic E-state index is 0.145. The number of hydrogen-bond donors (Lipinski definition) is 3. The first kappa shape index (κ1) is 31.9. The molecular weight excluding hydrogens is 675 g/mol. The van der Waals surface area contributed by atoms with Crippen LogP contribution in [0.25, 0.3) is 5.52 Å². The molecule has 2 aromatic heterocycles. The summed E-state index contributed by atoms with van der Waals surface area (Å²) in [6, 6.07) is 13.5. The second-order valence-electron chi connectivity index (χ2n) is 10.5. The molecule has 46 heavy (non-hydrogen) atoms. The molecular formula is C29H23Cl2F4N6O4S+. The van der Waals surface area contributed by atoms with Gasteiger partial charge >= 0.3 is 23.2 Å². The van der Waals surface area contributed by atoms with Gasteiger partial charge in [0.05, 0.1) is 41.2 Å². The Kier molecular flexibility index (Phi) is 8.52. The van der Waals surface area contributed by atoms with E-state index in [1.807, 2.05) is 0 Å². The number of amides is 1. The maximum absolute atomic E-state index is 14.9. The second kappa shape index (κ2) is 12.3. The van der Waals surface area contributed by atoms with E-state index in [-0.39, 0.29) is 65.0 Å². The minimum atomic E-state index is -5.22. The standard InChI is InChI=1S/C29H22Cl2F4N6O4S/c30-20-14-22-24(42)36-15-18(41(22)23(20)31)12-16-6-7-21(32)19(13-16)25(43)39-8-10-40(11-9-39)27-37-29(38-46-27,17-4-2-1-3-5-17)45-26(44)28(33,34)35/h1-7,13-15,38H,8-12H2,(H,36,42)/p+1. The van der Waals surface area contributed by atoms with Crippen molar-refractivity contribution in [2.24, 2.45) is 0 Å². The smallest absolute Gasteiger partial charge is 0.394 e. The number of halogens is 6. The lowest BCUT2D eigenvalue weighted by Crippen LogP contribution is -2.54. The van der Waals surface area contributed by atoms with E-state index in [1.165, 1.54) is 51.9 Å². The number of alkyl halides is 3. The Morgan fingerprint density at radius 1 is 1.07 bits per heavy atom. The first-order chi connectivity index (χ1) is 21.9. The number of nitrogens with one attached hydrogen (secondary N) is 3. The Morgan fingerprint density at radius 3 is 2.48 bits per heavy atom. The van der Waals surface area contributed by atoms with Gasteiger partial charge in [-0.3, -0.25) is 18.6 Å². The van der Waals surface area contributed by atoms with Crippen LogP contribution in [0.3, 0.4) is 0 Å². The van der Waals surface area contributed by atoms with Crippen LogP contribution in [0, 0.1) is 5.82 Å². The fourth-order valence-corrected chi connectivity index (χ4v) is 6.63. The Hall–Kier alpha value is -4.05. The summed E-state index contributed by atoms with van der Waals surface area (Å²) < 4.78 is 65.2. The molecule has 4 aromatic rings. The van der Waals surface area contributed by atoms with E-state index in [4.69, 9.17) is 27.9 Å². The molecule has 1 atom stereocenters. The number of hydrogen-bond acceptors (Lipinski definition) is 6. The average molecular weight is 699 g/mol. The monoisotopic (exact) mass is 697 g/mol. The number of H-pyrrole nitrogens is 1. The summed E-state index contributed by atoms with van der Waals surface area (Å²) in [5.74, 6) is -5.61. The van der Waals surface area contributed by atoms with Gasteiger partial charge in [-0.2, -0.15) is 17.9 Å². The van der Waals surface area contributed by atoms with E-state index in [2.05, 4.69) is 15.0 Å². The number of rotatable bonds is 5. The zero-order chi connectivity index (χ0) is 32.8. The molecule has 1 unspecified atom stereocenters. The molecule has 1 amide bonds. The van der Waals surface area contributed by atoms with Gasteiger partial charge in [0.2, 0.25) is 0 Å². The Labute approximate surface area is 272 Å². The number of carbonyl (C=O) groups is 2. The lowest BCUT2D eigenvalue weighted by atomic mass is 10.0. The number of aromatic amines is 1. The van der Waals surface area contributed by atoms with Crippen LogP contribution in [0.1, 0.15) is 27.2 Å². The van der Waals surface area contributed by atoms with Gasteiger partial charge in [0.1, 0.15) is 29.6 Å². The van der Waals surface area contributed by atoms with Gasteiger partial charge in [0.25, 0.3) is 11.5 Å². The zero-order valence-corrected chi connectivity index (χ0v) is 25.8. The quantitative estimate of drug-likeness (QED) is 0.124. The van der Waals surface area contributed by atoms with Crippen LogP contribution in [0.4, 0.5) is 17.6 Å². The number of nitrogens with zero attached hydrogens (tertiary/aromatic N) is 3. The summed E-state index contributed by atoms with van der Waals surface area (Å²) in [6.07, 6.45) is -3.55. The van der Waals surface area contributed by atoms with Crippen molar-refractivity contribution in [3.8, 4) is 0 Å². The van der Waals surface area contributed by atoms with E-state index in [9.17, 15) is 31.9 Å². The van der Waals surface area contributed by atoms with Crippen molar-refractivity contribution < 1.29 is 36.5 Å². The number of fused-ring (bicyclic) bond motifs is 1. The fraction of sp³-hybridized carbons (Fsp3) is 0.241. The van der Waals surface area contributed by atoms with Crippen LogP contribution in [0.15, 0.2) is 65.6 Å². The van der Waals surface area contributed by atoms with Crippen LogP contribution < -0.4 is 15.6 Å². The van der Waals surface area contributed by atoms with Crippen molar-refractivity contribution in [2.45, 2.75) is 18.4 Å². The largest absolute Gasteiger partial charge is 0.491 e. The molecule has 3 N–H and O–H groups in total. The number of ether oxygens (including phenoxy) is 1. The lowest BCUT2D eigenvalue weighted by Gasteiger charge is -2.28. The highest BCUT2D eigenvalue weighted by molar-refractivity contribution is 8.12. The second-order valence-corrected chi connectivity index (χ2v) is 12.0. The maximum atomic E-state index is 14.9. The molecule has 10 nitrogen and oxygen atoms in total. The van der Waals surface area contributed by atoms with Gasteiger partial charge < -0.3 is 14.6 Å². The van der Waals surface area contributed by atoms with Gasteiger partial charge in [-0.05, 0) is 35.9 Å². The fourth-order valence-electron chi connectivity index (χ4n) is 5.23. The normalized spacial score (nSPS) is 18.6. The Balaban J connectivity index is 1.18. The molecule has 0 aliphatic carbocycles. The van der Waals surface area contributed by atoms with Crippen molar-refractivity contribution in [1.29, 1.82) is 0 Å². The Bertz CT molecular complexity index is 1940. The summed E-state index contributed by atoms with van der Waals surface area (Å²) >= 11 is 13.4. The van der Waals surface area contributed by atoms with Crippen LogP contribution in [0.2, 0.25) is 10.2 Å². The van der Waals surface area contributed by atoms with E-state index in [1.54, 1.807) is 22.8 Å². The molecule has 2 saturated heterocycles. The molecule has 17 heteroatoms. The molecule has 2 fully saturated rings. The maximum Gasteiger partial charge on any atom is 0.491 e. The number of carbonyl (C=O) groups excluding carboxylic acids is 2. The van der Waals surface area contributed by atoms with E-state index >= 15 is 0 Å². The molecule has 0 saturated carbocycles. The predicted molar refractivity (Wildman–Crippen MR) is 162 cm³/mol. The number of piperazine rings is 1. The summed E-state index contributed by atoms with van der Waals surface area (Å²) in [4.78, 5) is 41.6. The predicted octanol–water partition coefficient (Wildman–Crippen LogP) is 4.25. The molecule has 4 heterocycles. The van der Waals surface area contributed by atoms with Crippen molar-refractivity contribution >= 4 is 57.7 Å². The molecule has 240 valence electrons. The topological polar surface area (TPSA) is 111 Å². The van der Waals surface area contributed by atoms with Crippen molar-refractivity contribution in [2.75, 3.05) is 26.2 Å². The molecule has 0 spiro atoms. The lowest BCUT2D eigenvalue weighted by molar-refractivity contribution is -0.537. The summed E-state index contributed by atoms with van der Waals surface area (Å²) in [5, 5.41) is 3.61. The highest BCUT2D eigenvalue weighted by Crippen LogP contribution is 2.32. The van der Waals surface area contributed by atoms with Gasteiger partial charge in [-0.25, -0.2) is 14.5 Å². The average Bonchev–Trinajstić information content (AvgIpc) is 3.61. The van der Waals surface area contributed by atoms with Crippen LogP contribution in [-0.4, -0.2) is 68.3 Å². The van der Waals surface area contributed by atoms with Crippen molar-refractivity contribution in [3.05, 3.63) is 110 Å². The van der Waals surface area contributed by atoms with Gasteiger partial charge in [-0.15, -0.1) is 0 Å². The molecule has 6 rings (SSSR count). The van der Waals surface area contributed by atoms with Crippen LogP contribution in [-0.2, 0) is 21.8 Å². The number of amidine groups is 1. The van der Waals surface area contributed by atoms with E-state index < -0.39 is 29.7 Å². The Morgan fingerprint density at radius 2 is 1.78 bits per heavy atom.